The molecule has 0 spiro atoms. The fourth-order valence-electron chi connectivity index (χ4n) is 2.82. The first-order valence-electron chi connectivity index (χ1n) is 7.90. The van der Waals surface area contributed by atoms with Gasteiger partial charge in [0.15, 0.2) is 0 Å². The van der Waals surface area contributed by atoms with E-state index in [2.05, 4.69) is 12.2 Å². The lowest BCUT2D eigenvalue weighted by Gasteiger charge is -2.33. The largest absolute Gasteiger partial charge is 0.472 e. The second-order valence-corrected chi connectivity index (χ2v) is 5.77. The van der Waals surface area contributed by atoms with E-state index in [9.17, 15) is 4.79 Å². The number of hydrogen-bond acceptors (Lipinski definition) is 4. The van der Waals surface area contributed by atoms with Crippen molar-refractivity contribution >= 4 is 5.91 Å². The monoisotopic (exact) mass is 294 g/mol. The molecule has 1 aromatic rings. The fraction of sp³-hybridized carbons (Fsp3) is 0.688. The Morgan fingerprint density at radius 1 is 1.52 bits per heavy atom. The lowest BCUT2D eigenvalue weighted by Crippen LogP contribution is -2.45. The summed E-state index contributed by atoms with van der Waals surface area (Å²) < 4.78 is 4.97. The number of hydrogen-bond donors (Lipinski definition) is 2. The number of furan rings is 1. The Balaban J connectivity index is 1.72. The van der Waals surface area contributed by atoms with E-state index in [1.54, 1.807) is 6.07 Å². The van der Waals surface area contributed by atoms with E-state index in [-0.39, 0.29) is 12.5 Å². The normalized spacial score (nSPS) is 17.9. The minimum absolute atomic E-state index is 0.0638. The number of aliphatic hydroxyl groups is 1. The Morgan fingerprint density at radius 3 is 2.86 bits per heavy atom. The number of nitrogens with zero attached hydrogens (tertiary/aromatic N) is 1. The SMILES string of the molecule is CCC(CCO)CNC1CCN(C(=O)c2ccoc2)CC1. The molecule has 2 heterocycles. The highest BCUT2D eigenvalue weighted by molar-refractivity contribution is 5.93. The quantitative estimate of drug-likeness (QED) is 0.806. The maximum atomic E-state index is 12.2. The highest BCUT2D eigenvalue weighted by Crippen LogP contribution is 2.15. The van der Waals surface area contributed by atoms with Crippen molar-refractivity contribution in [2.75, 3.05) is 26.2 Å². The maximum absolute atomic E-state index is 12.2. The summed E-state index contributed by atoms with van der Waals surface area (Å²) in [6.45, 7) is 4.96. The molecule has 118 valence electrons. The summed E-state index contributed by atoms with van der Waals surface area (Å²) in [6.07, 6.45) is 6.96. The molecule has 1 aliphatic rings. The van der Waals surface area contributed by atoms with E-state index in [1.165, 1.54) is 12.5 Å². The molecule has 1 unspecified atom stereocenters. The number of piperidine rings is 1. The van der Waals surface area contributed by atoms with Gasteiger partial charge in [-0.25, -0.2) is 0 Å². The molecule has 2 N–H and O–H groups in total. The van der Waals surface area contributed by atoms with E-state index in [4.69, 9.17) is 9.52 Å². The van der Waals surface area contributed by atoms with Gasteiger partial charge in [0.25, 0.3) is 5.91 Å². The second-order valence-electron chi connectivity index (χ2n) is 5.77. The van der Waals surface area contributed by atoms with Gasteiger partial charge in [-0.3, -0.25) is 4.79 Å². The van der Waals surface area contributed by atoms with Gasteiger partial charge < -0.3 is 19.7 Å². The first kappa shape index (κ1) is 16.0. The van der Waals surface area contributed by atoms with Crippen LogP contribution in [0.5, 0.6) is 0 Å². The average molecular weight is 294 g/mol. The predicted octanol–water partition coefficient (Wildman–Crippen LogP) is 1.88. The second kappa shape index (κ2) is 8.20. The van der Waals surface area contributed by atoms with Crippen LogP contribution in [0.2, 0.25) is 0 Å². The van der Waals surface area contributed by atoms with E-state index in [0.717, 1.165) is 45.3 Å². The van der Waals surface area contributed by atoms with Crippen LogP contribution in [0, 0.1) is 5.92 Å². The maximum Gasteiger partial charge on any atom is 0.257 e. The van der Waals surface area contributed by atoms with Crippen molar-refractivity contribution in [3.8, 4) is 0 Å². The summed E-state index contributed by atoms with van der Waals surface area (Å²) in [5.74, 6) is 0.606. The van der Waals surface area contributed by atoms with Crippen LogP contribution >= 0.6 is 0 Å². The molecule has 1 saturated heterocycles. The Bertz CT molecular complexity index is 411. The van der Waals surface area contributed by atoms with Gasteiger partial charge in [0.1, 0.15) is 6.26 Å². The van der Waals surface area contributed by atoms with Gasteiger partial charge in [-0.1, -0.05) is 13.3 Å². The molecular formula is C16H26N2O3. The molecule has 2 rings (SSSR count). The number of rotatable bonds is 7. The summed E-state index contributed by atoms with van der Waals surface area (Å²) in [5.41, 5.74) is 0.635. The van der Waals surface area contributed by atoms with E-state index in [0.29, 0.717) is 17.5 Å². The van der Waals surface area contributed by atoms with Crippen LogP contribution in [0.4, 0.5) is 0 Å². The Morgan fingerprint density at radius 2 is 2.29 bits per heavy atom. The first-order valence-corrected chi connectivity index (χ1v) is 7.90. The third-order valence-electron chi connectivity index (χ3n) is 4.36. The molecule has 1 atom stereocenters. The van der Waals surface area contributed by atoms with Gasteiger partial charge in [-0.15, -0.1) is 0 Å². The van der Waals surface area contributed by atoms with E-state index < -0.39 is 0 Å². The van der Waals surface area contributed by atoms with Crippen molar-refractivity contribution in [1.82, 2.24) is 10.2 Å². The van der Waals surface area contributed by atoms with Crippen LogP contribution in [0.3, 0.4) is 0 Å². The van der Waals surface area contributed by atoms with E-state index >= 15 is 0 Å². The minimum Gasteiger partial charge on any atom is -0.472 e. The molecular weight excluding hydrogens is 268 g/mol. The summed E-state index contributed by atoms with van der Waals surface area (Å²) in [6, 6.07) is 2.19. The highest BCUT2D eigenvalue weighted by Gasteiger charge is 2.24. The predicted molar refractivity (Wildman–Crippen MR) is 81.1 cm³/mol. The number of carbonyl (C=O) groups excluding carboxylic acids is 1. The third kappa shape index (κ3) is 4.58. The van der Waals surface area contributed by atoms with Crippen LogP contribution in [0.15, 0.2) is 23.0 Å². The van der Waals surface area contributed by atoms with Crippen molar-refractivity contribution in [3.05, 3.63) is 24.2 Å². The molecule has 0 bridgehead atoms. The van der Waals surface area contributed by atoms with Gasteiger partial charge in [0.2, 0.25) is 0 Å². The van der Waals surface area contributed by atoms with Crippen molar-refractivity contribution < 1.29 is 14.3 Å². The highest BCUT2D eigenvalue weighted by atomic mass is 16.3. The van der Waals surface area contributed by atoms with E-state index in [1.807, 2.05) is 4.90 Å². The van der Waals surface area contributed by atoms with Crippen LogP contribution in [-0.4, -0.2) is 48.2 Å². The number of amides is 1. The van der Waals surface area contributed by atoms with Crippen molar-refractivity contribution in [2.45, 2.75) is 38.6 Å². The van der Waals surface area contributed by atoms with Gasteiger partial charge >= 0.3 is 0 Å². The molecule has 1 aromatic heterocycles. The van der Waals surface area contributed by atoms with Crippen molar-refractivity contribution in [2.24, 2.45) is 5.92 Å². The lowest BCUT2D eigenvalue weighted by atomic mass is 10.00. The number of likely N-dealkylation sites (tertiary alicyclic amines) is 1. The molecule has 21 heavy (non-hydrogen) atoms. The van der Waals surface area contributed by atoms with Gasteiger partial charge in [0, 0.05) is 25.7 Å². The molecule has 0 saturated carbocycles. The van der Waals surface area contributed by atoms with Gasteiger partial charge in [0.05, 0.1) is 11.8 Å². The topological polar surface area (TPSA) is 65.7 Å². The van der Waals surface area contributed by atoms with Crippen LogP contribution < -0.4 is 5.32 Å². The average Bonchev–Trinajstić information content (AvgIpc) is 3.05. The van der Waals surface area contributed by atoms with Crippen LogP contribution in [0.25, 0.3) is 0 Å². The summed E-state index contributed by atoms with van der Waals surface area (Å²) in [4.78, 5) is 14.1. The number of aliphatic hydroxyl groups excluding tert-OH is 1. The van der Waals surface area contributed by atoms with Crippen LogP contribution in [0.1, 0.15) is 43.0 Å². The molecule has 5 heteroatoms. The smallest absolute Gasteiger partial charge is 0.257 e. The van der Waals surface area contributed by atoms with Gasteiger partial charge in [-0.05, 0) is 37.8 Å². The zero-order valence-corrected chi connectivity index (χ0v) is 12.8. The molecule has 5 nitrogen and oxygen atoms in total. The van der Waals surface area contributed by atoms with Crippen molar-refractivity contribution in [1.29, 1.82) is 0 Å². The molecule has 1 aliphatic heterocycles. The fourth-order valence-corrected chi connectivity index (χ4v) is 2.82. The zero-order valence-electron chi connectivity index (χ0n) is 12.8. The molecule has 0 aromatic carbocycles. The first-order chi connectivity index (χ1) is 10.2. The Hall–Kier alpha value is -1.33. The number of nitrogens with one attached hydrogen (secondary N) is 1. The molecule has 0 radical (unpaired) electrons. The van der Waals surface area contributed by atoms with Gasteiger partial charge in [-0.2, -0.15) is 0 Å². The molecule has 1 fully saturated rings. The van der Waals surface area contributed by atoms with Crippen LogP contribution in [-0.2, 0) is 0 Å². The summed E-state index contributed by atoms with van der Waals surface area (Å²) in [7, 11) is 0. The zero-order chi connectivity index (χ0) is 15.1. The molecule has 1 amide bonds. The lowest BCUT2D eigenvalue weighted by molar-refractivity contribution is 0.0702. The van der Waals surface area contributed by atoms with Crippen molar-refractivity contribution in [3.63, 3.8) is 0 Å². The summed E-state index contributed by atoms with van der Waals surface area (Å²) in [5, 5.41) is 12.6. The third-order valence-corrected chi connectivity index (χ3v) is 4.36. The Labute approximate surface area is 126 Å². The number of carbonyl (C=O) groups is 1. The Kier molecular flexibility index (Phi) is 6.26. The minimum atomic E-state index is 0.0638. The standard InChI is InChI=1S/C16H26N2O3/c1-2-13(5-9-19)11-17-15-3-7-18(8-4-15)16(20)14-6-10-21-12-14/h6,10,12-13,15,17,19H,2-5,7-9,11H2,1H3. The summed E-state index contributed by atoms with van der Waals surface area (Å²) >= 11 is 0. The molecule has 0 aliphatic carbocycles.